The van der Waals surface area contributed by atoms with E-state index in [9.17, 15) is 45.1 Å². The molecule has 0 atom stereocenters. The van der Waals surface area contributed by atoms with E-state index in [1.54, 1.807) is 0 Å². The van der Waals surface area contributed by atoms with Gasteiger partial charge in [-0.05, 0) is 56.2 Å². The van der Waals surface area contributed by atoms with Crippen LogP contribution in [0.1, 0.15) is 39.3 Å². The molecule has 3 amide bonds. The number of thiazole rings is 1. The molecule has 1 aliphatic rings. The second kappa shape index (κ2) is 10.4. The minimum Gasteiger partial charge on any atom is -0.325 e. The minimum absolute atomic E-state index is 0.0395. The molecule has 3 N–H and O–H groups in total. The van der Waals surface area contributed by atoms with Gasteiger partial charge in [-0.2, -0.15) is 26.3 Å². The van der Waals surface area contributed by atoms with Crippen molar-refractivity contribution in [2.45, 2.75) is 32.1 Å². The second-order valence-corrected chi connectivity index (χ2v) is 10.2. The summed E-state index contributed by atoms with van der Waals surface area (Å²) in [6.45, 7) is 1.40. The van der Waals surface area contributed by atoms with Crippen LogP contribution in [0.5, 0.6) is 0 Å². The average molecular weight is 609 g/mol. The summed E-state index contributed by atoms with van der Waals surface area (Å²) in [5, 5.41) is 6.51. The molecule has 0 unspecified atom stereocenters. The molecule has 1 heterocycles. The van der Waals surface area contributed by atoms with Crippen molar-refractivity contribution < 1.29 is 45.1 Å². The lowest BCUT2D eigenvalue weighted by atomic mass is 10.0. The fourth-order valence-corrected chi connectivity index (χ4v) is 4.63. The van der Waals surface area contributed by atoms with Gasteiger partial charge in [-0.1, -0.05) is 22.9 Å². The molecule has 0 saturated heterocycles. The molecular weight excluding hydrogens is 593 g/mol. The molecule has 7 nitrogen and oxygen atoms in total. The van der Waals surface area contributed by atoms with Gasteiger partial charge in [0.25, 0.3) is 5.91 Å². The van der Waals surface area contributed by atoms with Gasteiger partial charge in [-0.15, -0.1) is 0 Å². The van der Waals surface area contributed by atoms with Crippen LogP contribution in [-0.4, -0.2) is 22.7 Å². The molecule has 2 aromatic carbocycles. The zero-order valence-electron chi connectivity index (χ0n) is 20.0. The molecule has 4 rings (SSSR count). The van der Waals surface area contributed by atoms with E-state index < -0.39 is 58.1 Å². The molecule has 1 saturated carbocycles. The Kier molecular flexibility index (Phi) is 7.58. The van der Waals surface area contributed by atoms with Crippen molar-refractivity contribution in [1.82, 2.24) is 4.98 Å². The Morgan fingerprint density at radius 3 is 2.12 bits per heavy atom. The highest BCUT2D eigenvalue weighted by Gasteiger charge is 2.57. The lowest BCUT2D eigenvalue weighted by Crippen LogP contribution is -2.35. The number of hydrogen-bond acceptors (Lipinski definition) is 5. The molecule has 16 heteroatoms. The summed E-state index contributed by atoms with van der Waals surface area (Å²) in [6, 6.07) is 3.84. The van der Waals surface area contributed by atoms with E-state index in [-0.39, 0.29) is 45.3 Å². The SMILES string of the molecule is Cc1nc(NC(=O)C2(C(=O)Nc3cc(F)cc(C(F)(F)F)c3)CC2)sc1C(=O)Nc1cc(C(F)(F)F)ccc1Cl. The Morgan fingerprint density at radius 2 is 1.52 bits per heavy atom. The smallest absolute Gasteiger partial charge is 0.325 e. The maximum Gasteiger partial charge on any atom is 0.416 e. The van der Waals surface area contributed by atoms with Crippen LogP contribution in [0, 0.1) is 18.2 Å². The highest BCUT2D eigenvalue weighted by molar-refractivity contribution is 7.17. The number of alkyl halides is 6. The highest BCUT2D eigenvalue weighted by atomic mass is 35.5. The molecule has 1 aliphatic carbocycles. The lowest BCUT2D eigenvalue weighted by Gasteiger charge is -2.15. The number of amides is 3. The summed E-state index contributed by atoms with van der Waals surface area (Å²) in [5.74, 6) is -3.93. The molecular formula is C24H16ClF7N4O3S. The number of halogens is 8. The van der Waals surface area contributed by atoms with Gasteiger partial charge in [0.2, 0.25) is 11.8 Å². The fraction of sp³-hybridized carbons (Fsp3) is 0.250. The normalized spacial score (nSPS) is 14.4. The number of nitrogens with zero attached hydrogens (tertiary/aromatic N) is 1. The van der Waals surface area contributed by atoms with Gasteiger partial charge in [0, 0.05) is 5.69 Å². The van der Waals surface area contributed by atoms with Crippen molar-refractivity contribution in [2.75, 3.05) is 16.0 Å². The van der Waals surface area contributed by atoms with E-state index in [4.69, 9.17) is 11.6 Å². The topological polar surface area (TPSA) is 100 Å². The molecule has 0 aliphatic heterocycles. The highest BCUT2D eigenvalue weighted by Crippen LogP contribution is 2.48. The third kappa shape index (κ3) is 6.20. The van der Waals surface area contributed by atoms with Crippen LogP contribution >= 0.6 is 22.9 Å². The van der Waals surface area contributed by atoms with Gasteiger partial charge in [-0.3, -0.25) is 14.4 Å². The van der Waals surface area contributed by atoms with Gasteiger partial charge in [0.1, 0.15) is 16.1 Å². The van der Waals surface area contributed by atoms with Crippen LogP contribution in [0.15, 0.2) is 36.4 Å². The van der Waals surface area contributed by atoms with E-state index >= 15 is 0 Å². The van der Waals surface area contributed by atoms with Crippen molar-refractivity contribution in [3.8, 4) is 0 Å². The quantitative estimate of drug-likeness (QED) is 0.210. The third-order valence-corrected chi connectivity index (χ3v) is 7.27. The van der Waals surface area contributed by atoms with Gasteiger partial charge in [-0.25, -0.2) is 9.37 Å². The van der Waals surface area contributed by atoms with Gasteiger partial charge < -0.3 is 16.0 Å². The maximum absolute atomic E-state index is 13.7. The van der Waals surface area contributed by atoms with Crippen molar-refractivity contribution >= 4 is 57.2 Å². The number of nitrogens with one attached hydrogen (secondary N) is 3. The number of hydrogen-bond donors (Lipinski definition) is 3. The predicted molar refractivity (Wildman–Crippen MR) is 132 cm³/mol. The van der Waals surface area contributed by atoms with E-state index in [1.165, 1.54) is 6.92 Å². The third-order valence-electron chi connectivity index (χ3n) is 5.87. The molecule has 0 bridgehead atoms. The van der Waals surface area contributed by atoms with Gasteiger partial charge >= 0.3 is 12.4 Å². The molecule has 1 aromatic heterocycles. The average Bonchev–Trinajstić information content (AvgIpc) is 3.57. The lowest BCUT2D eigenvalue weighted by molar-refractivity contribution is -0.138. The number of carbonyl (C=O) groups is 3. The first-order valence-corrected chi connectivity index (χ1v) is 12.4. The van der Waals surface area contributed by atoms with E-state index in [1.807, 2.05) is 0 Å². The van der Waals surface area contributed by atoms with Crippen LogP contribution in [0.3, 0.4) is 0 Å². The van der Waals surface area contributed by atoms with Crippen LogP contribution in [0.4, 0.5) is 47.2 Å². The van der Waals surface area contributed by atoms with Gasteiger partial charge in [0.05, 0.1) is 27.5 Å². The fourth-order valence-electron chi connectivity index (χ4n) is 3.61. The summed E-state index contributed by atoms with van der Waals surface area (Å²) in [5.41, 5.74) is -4.73. The molecule has 3 aromatic rings. The Hall–Kier alpha value is -3.72. The number of benzene rings is 2. The molecule has 212 valence electrons. The van der Waals surface area contributed by atoms with Crippen molar-refractivity contribution in [3.05, 3.63) is 68.9 Å². The maximum atomic E-state index is 13.7. The number of anilines is 3. The van der Waals surface area contributed by atoms with Crippen LogP contribution < -0.4 is 16.0 Å². The first-order valence-electron chi connectivity index (χ1n) is 11.2. The van der Waals surface area contributed by atoms with Crippen molar-refractivity contribution in [3.63, 3.8) is 0 Å². The Labute approximate surface area is 229 Å². The second-order valence-electron chi connectivity index (χ2n) is 8.80. The zero-order valence-corrected chi connectivity index (χ0v) is 21.6. The van der Waals surface area contributed by atoms with Crippen LogP contribution in [0.25, 0.3) is 0 Å². The van der Waals surface area contributed by atoms with Crippen LogP contribution in [0.2, 0.25) is 5.02 Å². The number of aryl methyl sites for hydroxylation is 1. The van der Waals surface area contributed by atoms with Gasteiger partial charge in [0.15, 0.2) is 5.13 Å². The molecule has 40 heavy (non-hydrogen) atoms. The summed E-state index contributed by atoms with van der Waals surface area (Å²) in [6.07, 6.45) is -9.46. The van der Waals surface area contributed by atoms with E-state index in [2.05, 4.69) is 20.9 Å². The summed E-state index contributed by atoms with van der Waals surface area (Å²) >= 11 is 6.58. The Bertz CT molecular complexity index is 1520. The number of rotatable bonds is 6. The van der Waals surface area contributed by atoms with E-state index in [0.29, 0.717) is 29.5 Å². The number of aromatic nitrogens is 1. The predicted octanol–water partition coefficient (Wildman–Crippen LogP) is 6.89. The minimum atomic E-state index is -4.87. The van der Waals surface area contributed by atoms with Crippen molar-refractivity contribution in [1.29, 1.82) is 0 Å². The zero-order chi connectivity index (χ0) is 29.6. The molecule has 0 spiro atoms. The molecule has 1 fully saturated rings. The van der Waals surface area contributed by atoms with Crippen molar-refractivity contribution in [2.24, 2.45) is 5.41 Å². The summed E-state index contributed by atoms with van der Waals surface area (Å²) in [4.78, 5) is 42.3. The standard InChI is InChI=1S/C24H16ClF7N4O3S/c1-10-17(18(37)35-16-8-11(23(27,28)29)2-3-15(16)25)40-21(33-10)36-20(39)22(4-5-22)19(38)34-14-7-12(24(30,31)32)6-13(26)9-14/h2-3,6-9H,4-5H2,1H3,(H,34,38)(H,35,37)(H,33,36,39). The summed E-state index contributed by atoms with van der Waals surface area (Å²) in [7, 11) is 0. The first-order chi connectivity index (χ1) is 18.5. The molecule has 0 radical (unpaired) electrons. The first kappa shape index (κ1) is 29.3. The Balaban J connectivity index is 1.46. The monoisotopic (exact) mass is 608 g/mol. The largest absolute Gasteiger partial charge is 0.416 e. The van der Waals surface area contributed by atoms with E-state index in [0.717, 1.165) is 12.1 Å². The Morgan fingerprint density at radius 1 is 0.900 bits per heavy atom. The number of carbonyl (C=O) groups excluding carboxylic acids is 3. The van der Waals surface area contributed by atoms with Crippen LogP contribution in [-0.2, 0) is 21.9 Å². The summed E-state index contributed by atoms with van der Waals surface area (Å²) < 4.78 is 91.6.